The van der Waals surface area contributed by atoms with E-state index in [0.29, 0.717) is 5.69 Å². The number of aromatic nitrogens is 1. The molecule has 0 bridgehead atoms. The van der Waals surface area contributed by atoms with Crippen LogP contribution < -0.4 is 4.90 Å². The zero-order valence-corrected chi connectivity index (χ0v) is 9.41. The molecule has 1 aliphatic heterocycles. The molecule has 0 aromatic carbocycles. The first-order valence-corrected chi connectivity index (χ1v) is 5.25. The molecule has 0 aliphatic carbocycles. The lowest BCUT2D eigenvalue weighted by molar-refractivity contribution is -0.145. The smallest absolute Gasteiger partial charge is 0.324 e. The molecule has 17 heavy (non-hydrogen) atoms. The number of pyridine rings is 1. The van der Waals surface area contributed by atoms with Crippen molar-refractivity contribution in [3.63, 3.8) is 0 Å². The molecule has 1 saturated heterocycles. The topological polar surface area (TPSA) is 73.7 Å². The largest absolute Gasteiger partial charge is 0.481 e. The van der Waals surface area contributed by atoms with Gasteiger partial charge < -0.3 is 10.0 Å². The Morgan fingerprint density at radius 3 is 2.76 bits per heavy atom. The summed E-state index contributed by atoms with van der Waals surface area (Å²) in [5.41, 5.74) is 0.691. The molecule has 6 nitrogen and oxygen atoms in total. The van der Waals surface area contributed by atoms with Crippen LogP contribution in [0.15, 0.2) is 24.5 Å². The molecule has 1 aromatic heterocycles. The summed E-state index contributed by atoms with van der Waals surface area (Å²) < 4.78 is 0. The van der Waals surface area contributed by atoms with Crippen molar-refractivity contribution in [2.24, 2.45) is 5.92 Å². The van der Waals surface area contributed by atoms with E-state index in [-0.39, 0.29) is 19.1 Å². The van der Waals surface area contributed by atoms with E-state index in [1.165, 1.54) is 9.80 Å². The molecule has 0 saturated carbocycles. The molecule has 2 amide bonds. The number of hydrogen-bond acceptors (Lipinski definition) is 3. The Morgan fingerprint density at radius 2 is 2.24 bits per heavy atom. The molecule has 0 spiro atoms. The third-order valence-electron chi connectivity index (χ3n) is 2.82. The van der Waals surface area contributed by atoms with Crippen LogP contribution in [0.4, 0.5) is 10.5 Å². The maximum atomic E-state index is 11.9. The van der Waals surface area contributed by atoms with Gasteiger partial charge in [-0.2, -0.15) is 0 Å². The standard InChI is InChI=1S/C11H13N3O3/c1-13(9-3-2-4-12-5-9)11(17)14-6-8(7-14)10(15)16/h2-5,8H,6-7H2,1H3,(H,15,16). The highest BCUT2D eigenvalue weighted by molar-refractivity contribution is 5.92. The number of nitrogens with zero attached hydrogens (tertiary/aromatic N) is 3. The average molecular weight is 235 g/mol. The molecule has 0 atom stereocenters. The number of urea groups is 1. The fourth-order valence-corrected chi connectivity index (χ4v) is 1.67. The zero-order valence-electron chi connectivity index (χ0n) is 9.41. The van der Waals surface area contributed by atoms with Crippen molar-refractivity contribution in [1.82, 2.24) is 9.88 Å². The lowest BCUT2D eigenvalue weighted by Gasteiger charge is -2.38. The molecule has 0 unspecified atom stereocenters. The monoisotopic (exact) mass is 235 g/mol. The van der Waals surface area contributed by atoms with Crippen molar-refractivity contribution in [2.45, 2.75) is 0 Å². The van der Waals surface area contributed by atoms with Crippen LogP contribution in [0.2, 0.25) is 0 Å². The maximum Gasteiger partial charge on any atom is 0.324 e. The van der Waals surface area contributed by atoms with Gasteiger partial charge >= 0.3 is 12.0 Å². The third-order valence-corrected chi connectivity index (χ3v) is 2.82. The SMILES string of the molecule is CN(C(=O)N1CC(C(=O)O)C1)c1cccnc1. The molecule has 2 rings (SSSR count). The summed E-state index contributed by atoms with van der Waals surface area (Å²) in [6.07, 6.45) is 3.22. The minimum atomic E-state index is -0.849. The van der Waals surface area contributed by atoms with Gasteiger partial charge in [0.2, 0.25) is 0 Å². The normalized spacial score (nSPS) is 15.2. The predicted molar refractivity (Wildman–Crippen MR) is 60.7 cm³/mol. The summed E-state index contributed by atoms with van der Waals surface area (Å²) in [4.78, 5) is 29.5. The second-order valence-corrected chi connectivity index (χ2v) is 3.99. The van der Waals surface area contributed by atoms with Gasteiger partial charge in [0.25, 0.3) is 0 Å². The Labute approximate surface area is 98.5 Å². The van der Waals surface area contributed by atoms with Gasteiger partial charge in [-0.15, -0.1) is 0 Å². The molecule has 0 radical (unpaired) electrons. The quantitative estimate of drug-likeness (QED) is 0.817. The Morgan fingerprint density at radius 1 is 1.53 bits per heavy atom. The predicted octanol–water partition coefficient (Wildman–Crippen LogP) is 0.654. The van der Waals surface area contributed by atoms with Crippen LogP contribution in [-0.4, -0.2) is 47.1 Å². The molecule has 6 heteroatoms. The van der Waals surface area contributed by atoms with E-state index in [9.17, 15) is 9.59 Å². The molecule has 1 aromatic rings. The lowest BCUT2D eigenvalue weighted by atomic mass is 10.0. The van der Waals surface area contributed by atoms with Crippen LogP contribution in [-0.2, 0) is 4.79 Å². The van der Waals surface area contributed by atoms with Gasteiger partial charge in [-0.05, 0) is 12.1 Å². The number of carboxylic acids is 1. The number of aliphatic carboxylic acids is 1. The number of rotatable bonds is 2. The third kappa shape index (κ3) is 2.20. The lowest BCUT2D eigenvalue weighted by Crippen LogP contribution is -2.56. The van der Waals surface area contributed by atoms with Crippen molar-refractivity contribution in [2.75, 3.05) is 25.0 Å². The van der Waals surface area contributed by atoms with Crippen LogP contribution in [0.25, 0.3) is 0 Å². The van der Waals surface area contributed by atoms with Gasteiger partial charge in [-0.25, -0.2) is 4.79 Å². The van der Waals surface area contributed by atoms with E-state index in [0.717, 1.165) is 0 Å². The van der Waals surface area contributed by atoms with Gasteiger partial charge in [0.05, 0.1) is 17.8 Å². The summed E-state index contributed by atoms with van der Waals surface area (Å²) in [5, 5.41) is 8.73. The number of carboxylic acid groups (broad SMARTS) is 1. The minimum absolute atomic E-state index is 0.199. The zero-order chi connectivity index (χ0) is 12.4. The average Bonchev–Trinajstić information content (AvgIpc) is 2.26. The first-order valence-electron chi connectivity index (χ1n) is 5.25. The molecule has 1 fully saturated rings. The van der Waals surface area contributed by atoms with Crippen LogP contribution in [0.1, 0.15) is 0 Å². The van der Waals surface area contributed by atoms with Crippen LogP contribution in [0, 0.1) is 5.92 Å². The van der Waals surface area contributed by atoms with Crippen LogP contribution >= 0.6 is 0 Å². The van der Waals surface area contributed by atoms with Crippen molar-refractivity contribution in [1.29, 1.82) is 0 Å². The molecule has 1 aliphatic rings. The van der Waals surface area contributed by atoms with E-state index in [1.54, 1.807) is 31.6 Å². The van der Waals surface area contributed by atoms with Crippen molar-refractivity contribution in [3.05, 3.63) is 24.5 Å². The van der Waals surface area contributed by atoms with Crippen molar-refractivity contribution in [3.8, 4) is 0 Å². The maximum absolute atomic E-state index is 11.9. The second kappa shape index (κ2) is 4.40. The number of anilines is 1. The first-order chi connectivity index (χ1) is 8.09. The Kier molecular flexibility index (Phi) is 2.95. The van der Waals surface area contributed by atoms with Gasteiger partial charge in [0.1, 0.15) is 0 Å². The van der Waals surface area contributed by atoms with Crippen LogP contribution in [0.3, 0.4) is 0 Å². The summed E-state index contributed by atoms with van der Waals surface area (Å²) in [5.74, 6) is -1.28. The Hall–Kier alpha value is -2.11. The fourth-order valence-electron chi connectivity index (χ4n) is 1.67. The Bertz CT molecular complexity index is 429. The van der Waals surface area contributed by atoms with E-state index >= 15 is 0 Å². The molecule has 1 N–H and O–H groups in total. The second-order valence-electron chi connectivity index (χ2n) is 3.99. The molecular weight excluding hydrogens is 222 g/mol. The molecule has 90 valence electrons. The first kappa shape index (κ1) is 11.4. The van der Waals surface area contributed by atoms with E-state index in [1.807, 2.05) is 0 Å². The molecular formula is C11H13N3O3. The van der Waals surface area contributed by atoms with E-state index in [2.05, 4.69) is 4.98 Å². The van der Waals surface area contributed by atoms with Gasteiger partial charge in [-0.1, -0.05) is 0 Å². The minimum Gasteiger partial charge on any atom is -0.481 e. The highest BCUT2D eigenvalue weighted by atomic mass is 16.4. The number of amides is 2. The highest BCUT2D eigenvalue weighted by Crippen LogP contribution is 2.19. The van der Waals surface area contributed by atoms with E-state index in [4.69, 9.17) is 5.11 Å². The summed E-state index contributed by atoms with van der Waals surface area (Å²) in [6.45, 7) is 0.553. The van der Waals surface area contributed by atoms with Gasteiger partial charge in [0, 0.05) is 26.3 Å². The number of hydrogen-bond donors (Lipinski definition) is 1. The Balaban J connectivity index is 1.96. The fraction of sp³-hybridized carbons (Fsp3) is 0.364. The summed E-state index contributed by atoms with van der Waals surface area (Å²) in [6, 6.07) is 3.32. The van der Waals surface area contributed by atoms with Crippen molar-refractivity contribution >= 4 is 17.7 Å². The highest BCUT2D eigenvalue weighted by Gasteiger charge is 2.37. The number of likely N-dealkylation sites (tertiary alicyclic amines) is 1. The number of carbonyl (C=O) groups excluding carboxylic acids is 1. The van der Waals surface area contributed by atoms with Crippen LogP contribution in [0.5, 0.6) is 0 Å². The van der Waals surface area contributed by atoms with Gasteiger partial charge in [0.15, 0.2) is 0 Å². The van der Waals surface area contributed by atoms with Crippen molar-refractivity contribution < 1.29 is 14.7 Å². The number of carbonyl (C=O) groups is 2. The molecule has 2 heterocycles. The summed E-state index contributed by atoms with van der Waals surface area (Å²) in [7, 11) is 1.65. The summed E-state index contributed by atoms with van der Waals surface area (Å²) >= 11 is 0. The van der Waals surface area contributed by atoms with E-state index < -0.39 is 11.9 Å². The van der Waals surface area contributed by atoms with Gasteiger partial charge in [-0.3, -0.25) is 14.7 Å².